The van der Waals surface area contributed by atoms with Gasteiger partial charge in [-0.15, -0.1) is 22.0 Å². The molecule has 0 unspecified atom stereocenters. The number of aryl methyl sites for hydroxylation is 1. The number of carbonyl (C=O) groups excluding carboxylic acids is 1. The summed E-state index contributed by atoms with van der Waals surface area (Å²) < 4.78 is 5.74. The molecule has 28 heavy (non-hydrogen) atoms. The molecule has 0 aliphatic carbocycles. The number of fused-ring (bicyclic) bond motifs is 1. The number of thioether (sulfide) groups is 2. The highest BCUT2D eigenvalue weighted by molar-refractivity contribution is 8.00. The van der Waals surface area contributed by atoms with Crippen molar-refractivity contribution in [1.29, 1.82) is 0 Å². The lowest BCUT2D eigenvalue weighted by atomic mass is 10.1. The monoisotopic (exact) mass is 411 g/mol. The van der Waals surface area contributed by atoms with Crippen LogP contribution in [-0.2, 0) is 4.79 Å². The molecule has 0 saturated carbocycles. The van der Waals surface area contributed by atoms with Gasteiger partial charge in [-0.05, 0) is 37.6 Å². The van der Waals surface area contributed by atoms with Crippen LogP contribution >= 0.6 is 23.5 Å². The number of aromatic nitrogens is 2. The van der Waals surface area contributed by atoms with Crippen LogP contribution < -0.4 is 4.90 Å². The van der Waals surface area contributed by atoms with Crippen molar-refractivity contribution in [2.24, 2.45) is 0 Å². The van der Waals surface area contributed by atoms with Gasteiger partial charge in [-0.3, -0.25) is 4.79 Å². The van der Waals surface area contributed by atoms with E-state index in [1.807, 2.05) is 66.1 Å². The molecular weight excluding hydrogens is 390 g/mol. The zero-order valence-corrected chi connectivity index (χ0v) is 17.4. The van der Waals surface area contributed by atoms with E-state index < -0.39 is 0 Å². The SMILES string of the molecule is Cc1cccc(-c2nnc(SCC(=O)N3CC[C@@H](C)Sc4ccccc43)o2)c1. The highest BCUT2D eigenvalue weighted by Gasteiger charge is 2.24. The molecule has 4 rings (SSSR count). The molecule has 7 heteroatoms. The van der Waals surface area contributed by atoms with E-state index in [1.165, 1.54) is 11.8 Å². The minimum absolute atomic E-state index is 0.0578. The molecule has 1 aromatic heterocycles. The van der Waals surface area contributed by atoms with Crippen molar-refractivity contribution in [1.82, 2.24) is 10.2 Å². The second-order valence-corrected chi connectivity index (χ2v) is 9.17. The minimum Gasteiger partial charge on any atom is -0.411 e. The fourth-order valence-electron chi connectivity index (χ4n) is 3.11. The fourth-order valence-corrected chi connectivity index (χ4v) is 4.86. The Hall–Kier alpha value is -2.25. The molecule has 0 N–H and O–H groups in total. The molecule has 144 valence electrons. The van der Waals surface area contributed by atoms with Gasteiger partial charge < -0.3 is 9.32 Å². The average molecular weight is 412 g/mol. The summed E-state index contributed by atoms with van der Waals surface area (Å²) in [4.78, 5) is 16.0. The van der Waals surface area contributed by atoms with Gasteiger partial charge in [-0.25, -0.2) is 0 Å². The summed E-state index contributed by atoms with van der Waals surface area (Å²) in [6, 6.07) is 16.0. The van der Waals surface area contributed by atoms with Gasteiger partial charge >= 0.3 is 0 Å². The van der Waals surface area contributed by atoms with Crippen molar-refractivity contribution in [3.63, 3.8) is 0 Å². The summed E-state index contributed by atoms with van der Waals surface area (Å²) in [6.45, 7) is 4.95. The summed E-state index contributed by atoms with van der Waals surface area (Å²) in [5.74, 6) is 0.800. The summed E-state index contributed by atoms with van der Waals surface area (Å²) in [5.41, 5.74) is 3.01. The molecule has 3 aromatic rings. The number of carbonyl (C=O) groups is 1. The minimum atomic E-state index is 0.0578. The molecule has 1 atom stereocenters. The Morgan fingerprint density at radius 2 is 2.11 bits per heavy atom. The van der Waals surface area contributed by atoms with Gasteiger partial charge in [0.2, 0.25) is 11.8 Å². The van der Waals surface area contributed by atoms with E-state index in [0.29, 0.717) is 16.4 Å². The van der Waals surface area contributed by atoms with Gasteiger partial charge in [-0.1, -0.05) is 48.5 Å². The van der Waals surface area contributed by atoms with E-state index in [-0.39, 0.29) is 11.7 Å². The van der Waals surface area contributed by atoms with Crippen LogP contribution in [0, 0.1) is 6.92 Å². The van der Waals surface area contributed by atoms with Crippen LogP contribution in [0.15, 0.2) is 63.1 Å². The van der Waals surface area contributed by atoms with Crippen molar-refractivity contribution < 1.29 is 9.21 Å². The van der Waals surface area contributed by atoms with Crippen LogP contribution in [0.2, 0.25) is 0 Å². The Morgan fingerprint density at radius 3 is 2.96 bits per heavy atom. The topological polar surface area (TPSA) is 59.2 Å². The first-order valence-electron chi connectivity index (χ1n) is 9.19. The summed E-state index contributed by atoms with van der Waals surface area (Å²) >= 11 is 3.11. The summed E-state index contributed by atoms with van der Waals surface area (Å²) in [6.07, 6.45) is 0.966. The molecule has 2 heterocycles. The normalized spacial score (nSPS) is 16.5. The molecular formula is C21H21N3O2S2. The van der Waals surface area contributed by atoms with Gasteiger partial charge in [0.05, 0.1) is 11.4 Å². The zero-order chi connectivity index (χ0) is 19.5. The molecule has 5 nitrogen and oxygen atoms in total. The molecule has 1 aliphatic heterocycles. The lowest BCUT2D eigenvalue weighted by Gasteiger charge is -2.22. The van der Waals surface area contributed by atoms with Crippen LogP contribution in [0.5, 0.6) is 0 Å². The Morgan fingerprint density at radius 1 is 1.25 bits per heavy atom. The molecule has 0 fully saturated rings. The molecule has 0 bridgehead atoms. The fraction of sp³-hybridized carbons (Fsp3) is 0.286. The van der Waals surface area contributed by atoms with Crippen molar-refractivity contribution in [3.8, 4) is 11.5 Å². The Kier molecular flexibility index (Phi) is 5.73. The quantitative estimate of drug-likeness (QED) is 0.560. The van der Waals surface area contributed by atoms with Gasteiger partial charge in [0.25, 0.3) is 5.22 Å². The van der Waals surface area contributed by atoms with E-state index >= 15 is 0 Å². The molecule has 1 amide bonds. The van der Waals surface area contributed by atoms with Gasteiger partial charge in [-0.2, -0.15) is 0 Å². The van der Waals surface area contributed by atoms with Crippen LogP contribution in [0.25, 0.3) is 11.5 Å². The molecule has 1 aliphatic rings. The van der Waals surface area contributed by atoms with E-state index in [9.17, 15) is 4.79 Å². The first-order valence-corrected chi connectivity index (χ1v) is 11.1. The largest absolute Gasteiger partial charge is 0.411 e. The average Bonchev–Trinajstić information content (AvgIpc) is 3.10. The number of nitrogens with zero attached hydrogens (tertiary/aromatic N) is 3. The predicted molar refractivity (Wildman–Crippen MR) is 114 cm³/mol. The number of benzene rings is 2. The zero-order valence-electron chi connectivity index (χ0n) is 15.8. The van der Waals surface area contributed by atoms with Crippen LogP contribution in [0.4, 0.5) is 5.69 Å². The number of rotatable bonds is 4. The van der Waals surface area contributed by atoms with Crippen molar-refractivity contribution in [2.75, 3.05) is 17.2 Å². The highest BCUT2D eigenvalue weighted by atomic mass is 32.2. The Labute approximate surface area is 172 Å². The van der Waals surface area contributed by atoms with Gasteiger partial charge in [0.15, 0.2) is 0 Å². The third-order valence-corrected chi connectivity index (χ3v) is 6.58. The second-order valence-electron chi connectivity index (χ2n) is 6.76. The summed E-state index contributed by atoms with van der Waals surface area (Å²) in [5, 5.41) is 9.10. The van der Waals surface area contributed by atoms with Crippen molar-refractivity contribution in [3.05, 3.63) is 54.1 Å². The Bertz CT molecular complexity index is 989. The maximum absolute atomic E-state index is 12.9. The first kappa shape index (κ1) is 19.1. The maximum Gasteiger partial charge on any atom is 0.277 e. The number of anilines is 1. The van der Waals surface area contributed by atoms with E-state index in [2.05, 4.69) is 23.2 Å². The molecule has 0 spiro atoms. The first-order chi connectivity index (χ1) is 13.6. The molecule has 0 saturated heterocycles. The standard InChI is InChI=1S/C21H21N3O2S2/c1-14-6-5-7-16(12-14)20-22-23-21(26-20)27-13-19(25)24-11-10-15(2)28-18-9-4-3-8-17(18)24/h3-9,12,15H,10-11,13H2,1-2H3/t15-/m1/s1. The van der Waals surface area contributed by atoms with Crippen LogP contribution in [0.3, 0.4) is 0 Å². The van der Waals surface area contributed by atoms with Crippen LogP contribution in [-0.4, -0.2) is 33.7 Å². The van der Waals surface area contributed by atoms with Crippen LogP contribution in [0.1, 0.15) is 18.9 Å². The number of amides is 1. The van der Waals surface area contributed by atoms with Gasteiger partial charge in [0, 0.05) is 22.3 Å². The third kappa shape index (κ3) is 4.25. The maximum atomic E-state index is 12.9. The van der Waals surface area contributed by atoms with E-state index in [0.717, 1.165) is 34.7 Å². The predicted octanol–water partition coefficient (Wildman–Crippen LogP) is 5.05. The lowest BCUT2D eigenvalue weighted by Crippen LogP contribution is -2.33. The molecule has 0 radical (unpaired) electrons. The number of para-hydroxylation sites is 1. The van der Waals surface area contributed by atoms with Crippen molar-refractivity contribution in [2.45, 2.75) is 35.6 Å². The van der Waals surface area contributed by atoms with E-state index in [4.69, 9.17) is 4.42 Å². The molecule has 2 aromatic carbocycles. The van der Waals surface area contributed by atoms with Crippen molar-refractivity contribution >= 4 is 35.1 Å². The second kappa shape index (κ2) is 8.41. The van der Waals surface area contributed by atoms with Gasteiger partial charge in [0.1, 0.15) is 0 Å². The third-order valence-electron chi connectivity index (χ3n) is 4.54. The summed E-state index contributed by atoms with van der Waals surface area (Å²) in [7, 11) is 0. The smallest absolute Gasteiger partial charge is 0.277 e. The number of hydrogen-bond donors (Lipinski definition) is 0. The number of hydrogen-bond acceptors (Lipinski definition) is 6. The highest BCUT2D eigenvalue weighted by Crippen LogP contribution is 2.37. The Balaban J connectivity index is 1.45. The lowest BCUT2D eigenvalue weighted by molar-refractivity contribution is -0.116. The van der Waals surface area contributed by atoms with E-state index in [1.54, 1.807) is 0 Å².